The van der Waals surface area contributed by atoms with E-state index in [4.69, 9.17) is 0 Å². The molecule has 2 fully saturated rings. The molecular formula is C24H32F4O. The minimum absolute atomic E-state index is 0.0634. The van der Waals surface area contributed by atoms with E-state index >= 15 is 0 Å². The quantitative estimate of drug-likeness (QED) is 0.326. The molecule has 0 radical (unpaired) electrons. The van der Waals surface area contributed by atoms with Gasteiger partial charge in [-0.1, -0.05) is 44.8 Å². The molecule has 0 unspecified atom stereocenters. The minimum atomic E-state index is -3.24. The van der Waals surface area contributed by atoms with Crippen molar-refractivity contribution in [2.24, 2.45) is 17.8 Å². The van der Waals surface area contributed by atoms with Crippen LogP contribution in [-0.4, -0.2) is 6.61 Å². The van der Waals surface area contributed by atoms with Crippen molar-refractivity contribution < 1.29 is 22.3 Å². The Balaban J connectivity index is 1.44. The van der Waals surface area contributed by atoms with Gasteiger partial charge in [0.05, 0.1) is 0 Å². The first-order valence-corrected chi connectivity index (χ1v) is 11.0. The molecule has 5 heteroatoms. The molecule has 0 atom stereocenters. The molecule has 0 spiro atoms. The Hall–Kier alpha value is -1.52. The molecule has 0 N–H and O–H groups in total. The van der Waals surface area contributed by atoms with E-state index in [0.717, 1.165) is 56.1 Å². The fourth-order valence-electron chi connectivity index (χ4n) is 4.90. The summed E-state index contributed by atoms with van der Waals surface area (Å²) in [4.78, 5) is 0. The highest BCUT2D eigenvalue weighted by Crippen LogP contribution is 2.38. The maximum absolute atomic E-state index is 14.0. The Morgan fingerprint density at radius 3 is 2.17 bits per heavy atom. The summed E-state index contributed by atoms with van der Waals surface area (Å²) >= 11 is 0. The maximum Gasteiger partial charge on any atom is 0.387 e. The van der Waals surface area contributed by atoms with Gasteiger partial charge >= 0.3 is 6.61 Å². The van der Waals surface area contributed by atoms with Crippen LogP contribution in [0.2, 0.25) is 0 Å². The van der Waals surface area contributed by atoms with Crippen molar-refractivity contribution >= 4 is 0 Å². The monoisotopic (exact) mass is 412 g/mol. The van der Waals surface area contributed by atoms with E-state index in [1.54, 1.807) is 0 Å². The maximum atomic E-state index is 14.0. The first-order chi connectivity index (χ1) is 13.9. The largest absolute Gasteiger partial charge is 0.429 e. The third kappa shape index (κ3) is 6.48. The van der Waals surface area contributed by atoms with Gasteiger partial charge in [0, 0.05) is 0 Å². The number of halogens is 4. The van der Waals surface area contributed by atoms with Gasteiger partial charge in [-0.25, -0.2) is 8.78 Å². The summed E-state index contributed by atoms with van der Waals surface area (Å²) in [6.45, 7) is -0.894. The van der Waals surface area contributed by atoms with Gasteiger partial charge in [0.15, 0.2) is 17.4 Å². The van der Waals surface area contributed by atoms with Gasteiger partial charge in [-0.3, -0.25) is 0 Å². The molecule has 2 saturated carbocycles. The first-order valence-electron chi connectivity index (χ1n) is 11.0. The van der Waals surface area contributed by atoms with Gasteiger partial charge in [0.25, 0.3) is 0 Å². The van der Waals surface area contributed by atoms with Crippen LogP contribution >= 0.6 is 0 Å². The molecule has 162 valence electrons. The van der Waals surface area contributed by atoms with Crippen LogP contribution in [0.4, 0.5) is 17.6 Å². The van der Waals surface area contributed by atoms with Gasteiger partial charge in [-0.05, 0) is 79.9 Å². The number of benzene rings is 1. The summed E-state index contributed by atoms with van der Waals surface area (Å²) in [7, 11) is 0. The van der Waals surface area contributed by atoms with E-state index in [2.05, 4.69) is 23.8 Å². The molecule has 2 aliphatic carbocycles. The Kier molecular flexibility index (Phi) is 8.02. The highest BCUT2D eigenvalue weighted by atomic mass is 19.3. The number of allylic oxidation sites excluding steroid dienone is 2. The number of rotatable bonds is 7. The van der Waals surface area contributed by atoms with Crippen molar-refractivity contribution in [3.05, 3.63) is 41.5 Å². The van der Waals surface area contributed by atoms with Crippen LogP contribution in [0.25, 0.3) is 0 Å². The number of hydrogen-bond acceptors (Lipinski definition) is 1. The number of ether oxygens (including phenoxy) is 1. The molecule has 29 heavy (non-hydrogen) atoms. The summed E-state index contributed by atoms with van der Waals surface area (Å²) in [6.07, 6.45) is 16.2. The molecule has 0 bridgehead atoms. The second-order valence-electron chi connectivity index (χ2n) is 8.94. The zero-order valence-electron chi connectivity index (χ0n) is 17.2. The van der Waals surface area contributed by atoms with Gasteiger partial charge in [0.2, 0.25) is 0 Å². The third-order valence-corrected chi connectivity index (χ3v) is 6.76. The molecule has 1 aromatic carbocycles. The van der Waals surface area contributed by atoms with Crippen molar-refractivity contribution in [1.82, 2.24) is 0 Å². The van der Waals surface area contributed by atoms with E-state index in [1.165, 1.54) is 32.1 Å². The molecule has 0 aliphatic heterocycles. The summed E-state index contributed by atoms with van der Waals surface area (Å²) in [6, 6.07) is 2.29. The number of hydrogen-bond donors (Lipinski definition) is 0. The fraction of sp³-hybridized carbons (Fsp3) is 0.667. The van der Waals surface area contributed by atoms with Crippen molar-refractivity contribution in [2.45, 2.75) is 83.7 Å². The highest BCUT2D eigenvalue weighted by molar-refractivity contribution is 5.33. The smallest absolute Gasteiger partial charge is 0.387 e. The van der Waals surface area contributed by atoms with E-state index in [1.807, 2.05) is 0 Å². The van der Waals surface area contributed by atoms with E-state index in [0.29, 0.717) is 11.5 Å². The van der Waals surface area contributed by atoms with Crippen molar-refractivity contribution in [3.8, 4) is 5.75 Å². The lowest BCUT2D eigenvalue weighted by Crippen LogP contribution is -2.13. The zero-order valence-corrected chi connectivity index (χ0v) is 17.2. The molecule has 0 amide bonds. The van der Waals surface area contributed by atoms with E-state index in [-0.39, 0.29) is 5.92 Å². The Bertz CT molecular complexity index is 648. The summed E-state index contributed by atoms with van der Waals surface area (Å²) in [5, 5.41) is 0. The minimum Gasteiger partial charge on any atom is -0.429 e. The lowest BCUT2D eigenvalue weighted by Gasteiger charge is -2.27. The van der Waals surface area contributed by atoms with Gasteiger partial charge in [-0.15, -0.1) is 0 Å². The standard InChI is InChI=1S/C24H32F4O/c1-16-6-8-17(9-7-16)4-2-3-5-18-10-12-19(13-11-18)20-14-21(25)23(22(26)15-20)29-24(27)28/h3,5,14-19,24H,2,4,6-13H2,1H3/b5-3+. The van der Waals surface area contributed by atoms with Crippen molar-refractivity contribution in [2.75, 3.05) is 0 Å². The second-order valence-corrected chi connectivity index (χ2v) is 8.94. The van der Waals surface area contributed by atoms with Gasteiger partial charge in [-0.2, -0.15) is 8.78 Å². The predicted molar refractivity (Wildman–Crippen MR) is 107 cm³/mol. The highest BCUT2D eigenvalue weighted by Gasteiger charge is 2.24. The molecule has 0 heterocycles. The summed E-state index contributed by atoms with van der Waals surface area (Å²) in [5.74, 6) is -0.741. The Morgan fingerprint density at radius 1 is 0.966 bits per heavy atom. The van der Waals surface area contributed by atoms with Crippen molar-refractivity contribution in [3.63, 3.8) is 0 Å². The summed E-state index contributed by atoms with van der Waals surface area (Å²) < 4.78 is 56.4. The lowest BCUT2D eigenvalue weighted by molar-refractivity contribution is -0.0546. The van der Waals surface area contributed by atoms with Crippen LogP contribution in [0.15, 0.2) is 24.3 Å². The summed E-state index contributed by atoms with van der Waals surface area (Å²) in [5.41, 5.74) is 0.538. The van der Waals surface area contributed by atoms with Crippen LogP contribution < -0.4 is 4.74 Å². The normalized spacial score (nSPS) is 28.2. The van der Waals surface area contributed by atoms with Gasteiger partial charge in [0.1, 0.15) is 0 Å². The molecule has 3 rings (SSSR count). The molecule has 1 nitrogen and oxygen atoms in total. The Labute approximate surface area is 171 Å². The number of alkyl halides is 2. The van der Waals surface area contributed by atoms with E-state index < -0.39 is 24.0 Å². The molecule has 0 saturated heterocycles. The average molecular weight is 413 g/mol. The Morgan fingerprint density at radius 2 is 1.59 bits per heavy atom. The zero-order chi connectivity index (χ0) is 20.8. The third-order valence-electron chi connectivity index (χ3n) is 6.76. The molecule has 0 aromatic heterocycles. The molecule has 1 aromatic rings. The van der Waals surface area contributed by atoms with Gasteiger partial charge < -0.3 is 4.74 Å². The predicted octanol–water partition coefficient (Wildman–Crippen LogP) is 8.00. The molecule has 2 aliphatic rings. The second kappa shape index (κ2) is 10.5. The fourth-order valence-corrected chi connectivity index (χ4v) is 4.90. The SMILES string of the molecule is CC1CCC(CC/C=C/C2CCC(c3cc(F)c(OC(F)F)c(F)c3)CC2)CC1. The van der Waals surface area contributed by atoms with Crippen LogP contribution in [0.5, 0.6) is 5.75 Å². The van der Waals surface area contributed by atoms with Crippen molar-refractivity contribution in [1.29, 1.82) is 0 Å². The van der Waals surface area contributed by atoms with Crippen LogP contribution in [0, 0.1) is 29.4 Å². The van der Waals surface area contributed by atoms with Crippen LogP contribution in [0.1, 0.15) is 82.6 Å². The first kappa shape index (κ1) is 22.2. The molecular weight excluding hydrogens is 380 g/mol. The average Bonchev–Trinajstić information content (AvgIpc) is 2.69. The van der Waals surface area contributed by atoms with Crippen LogP contribution in [-0.2, 0) is 0 Å². The lowest BCUT2D eigenvalue weighted by atomic mass is 9.78. The topological polar surface area (TPSA) is 9.23 Å². The van der Waals surface area contributed by atoms with Crippen LogP contribution in [0.3, 0.4) is 0 Å². The van der Waals surface area contributed by atoms with E-state index in [9.17, 15) is 17.6 Å².